The van der Waals surface area contributed by atoms with Gasteiger partial charge in [-0.25, -0.2) is 4.79 Å². The summed E-state index contributed by atoms with van der Waals surface area (Å²) in [5, 5.41) is 11.7. The van der Waals surface area contributed by atoms with Crippen LogP contribution in [0.4, 0.5) is 0 Å². The summed E-state index contributed by atoms with van der Waals surface area (Å²) in [6.07, 6.45) is 0.856. The van der Waals surface area contributed by atoms with Crippen LogP contribution >= 0.6 is 0 Å². The number of ether oxygens (including phenoxy) is 3. The second kappa shape index (κ2) is 10.8. The minimum atomic E-state index is -1.98. The highest BCUT2D eigenvalue weighted by Gasteiger charge is 2.45. The SMILES string of the molecule is COc1c2c(cc3cc(O)cc(OC(C)C)c13)C[C@@H](CCO[Si](C(C)C)(C(C)C)C(C)C)OC2=O. The van der Waals surface area contributed by atoms with Crippen LogP contribution in [-0.4, -0.2) is 45.3 Å². The van der Waals surface area contributed by atoms with Crippen molar-refractivity contribution >= 4 is 25.1 Å². The van der Waals surface area contributed by atoms with E-state index in [1.165, 1.54) is 0 Å². The molecule has 1 aliphatic rings. The number of cyclic esters (lactones) is 1. The summed E-state index contributed by atoms with van der Waals surface area (Å²) >= 11 is 0. The first-order valence-electron chi connectivity index (χ1n) is 12.8. The van der Waals surface area contributed by atoms with Crippen LogP contribution < -0.4 is 9.47 Å². The van der Waals surface area contributed by atoms with Gasteiger partial charge in [0.1, 0.15) is 28.9 Å². The number of benzene rings is 2. The molecule has 2 aromatic rings. The molecule has 1 aliphatic heterocycles. The van der Waals surface area contributed by atoms with Crippen LogP contribution in [0.5, 0.6) is 17.2 Å². The Hall–Kier alpha value is -2.25. The Kier molecular flexibility index (Phi) is 8.43. The molecule has 0 spiro atoms. The number of fused-ring (bicyclic) bond motifs is 2. The second-order valence-electron chi connectivity index (χ2n) is 10.8. The summed E-state index contributed by atoms with van der Waals surface area (Å²) in [6.45, 7) is 18.0. The lowest BCUT2D eigenvalue weighted by atomic mass is 9.92. The number of methoxy groups -OCH3 is 1. The minimum absolute atomic E-state index is 0.102. The smallest absolute Gasteiger partial charge is 0.342 e. The maximum atomic E-state index is 13.2. The van der Waals surface area contributed by atoms with Crippen LogP contribution in [-0.2, 0) is 15.6 Å². The van der Waals surface area contributed by atoms with Crippen LogP contribution in [0, 0.1) is 0 Å². The molecule has 0 unspecified atom stereocenters. The van der Waals surface area contributed by atoms with Crippen LogP contribution in [0.1, 0.15) is 77.7 Å². The summed E-state index contributed by atoms with van der Waals surface area (Å²) in [7, 11) is -0.436. The van der Waals surface area contributed by atoms with Gasteiger partial charge < -0.3 is 23.7 Å². The number of phenols is 1. The Morgan fingerprint density at radius 1 is 1.03 bits per heavy atom. The van der Waals surface area contributed by atoms with Crippen LogP contribution in [0.25, 0.3) is 10.8 Å². The molecule has 6 nitrogen and oxygen atoms in total. The number of carbonyl (C=O) groups is 1. The lowest BCUT2D eigenvalue weighted by molar-refractivity contribution is 0.0197. The van der Waals surface area contributed by atoms with Crippen molar-refractivity contribution < 1.29 is 28.5 Å². The average molecular weight is 503 g/mol. The van der Waals surface area contributed by atoms with Crippen molar-refractivity contribution in [2.24, 2.45) is 0 Å². The Labute approximate surface area is 211 Å². The predicted molar refractivity (Wildman–Crippen MR) is 142 cm³/mol. The summed E-state index contributed by atoms with van der Waals surface area (Å²) in [5.41, 5.74) is 2.80. The molecule has 0 saturated heterocycles. The normalized spacial score (nSPS) is 16.4. The van der Waals surface area contributed by atoms with Crippen molar-refractivity contribution in [1.82, 2.24) is 0 Å². The summed E-state index contributed by atoms with van der Waals surface area (Å²) in [4.78, 5) is 13.2. The quantitative estimate of drug-likeness (QED) is 0.278. The van der Waals surface area contributed by atoms with Gasteiger partial charge in [-0.2, -0.15) is 0 Å². The van der Waals surface area contributed by atoms with E-state index < -0.39 is 14.3 Å². The molecule has 0 bridgehead atoms. The molecule has 0 saturated carbocycles. The molecule has 1 atom stereocenters. The van der Waals surface area contributed by atoms with E-state index in [0.29, 0.717) is 58.5 Å². The van der Waals surface area contributed by atoms with Crippen molar-refractivity contribution in [3.8, 4) is 17.2 Å². The number of carbonyl (C=O) groups excluding carboxylic acids is 1. The van der Waals surface area contributed by atoms with Gasteiger partial charge in [0, 0.05) is 25.5 Å². The molecule has 2 aromatic carbocycles. The van der Waals surface area contributed by atoms with Crippen molar-refractivity contribution in [3.05, 3.63) is 29.3 Å². The van der Waals surface area contributed by atoms with Gasteiger partial charge in [0.05, 0.1) is 18.6 Å². The van der Waals surface area contributed by atoms with Crippen molar-refractivity contribution in [1.29, 1.82) is 0 Å². The fourth-order valence-electron chi connectivity index (χ4n) is 5.97. The highest BCUT2D eigenvalue weighted by molar-refractivity contribution is 6.77. The minimum Gasteiger partial charge on any atom is -0.508 e. The third-order valence-corrected chi connectivity index (χ3v) is 13.3. The van der Waals surface area contributed by atoms with Gasteiger partial charge >= 0.3 is 5.97 Å². The third-order valence-electron chi connectivity index (χ3n) is 7.21. The van der Waals surface area contributed by atoms with Crippen LogP contribution in [0.15, 0.2) is 18.2 Å². The first-order valence-corrected chi connectivity index (χ1v) is 14.9. The number of hydrogen-bond acceptors (Lipinski definition) is 6. The van der Waals surface area contributed by atoms with Gasteiger partial charge in [0.2, 0.25) is 0 Å². The molecule has 194 valence electrons. The highest BCUT2D eigenvalue weighted by atomic mass is 28.4. The monoisotopic (exact) mass is 502 g/mol. The molecular weight excluding hydrogens is 460 g/mol. The molecule has 0 fully saturated rings. The molecule has 0 aliphatic carbocycles. The molecule has 3 rings (SSSR count). The fourth-order valence-corrected chi connectivity index (χ4v) is 11.4. The molecule has 0 radical (unpaired) electrons. The van der Waals surface area contributed by atoms with E-state index in [0.717, 1.165) is 10.9 Å². The predicted octanol–water partition coefficient (Wildman–Crippen LogP) is 7.00. The Balaban J connectivity index is 1.91. The highest BCUT2D eigenvalue weighted by Crippen LogP contribution is 2.44. The Bertz CT molecular complexity index is 1040. The van der Waals surface area contributed by atoms with Gasteiger partial charge in [-0.15, -0.1) is 0 Å². The second-order valence-corrected chi connectivity index (χ2v) is 16.3. The van der Waals surface area contributed by atoms with Crippen LogP contribution in [0.3, 0.4) is 0 Å². The van der Waals surface area contributed by atoms with E-state index in [-0.39, 0.29) is 18.0 Å². The van der Waals surface area contributed by atoms with Gasteiger partial charge in [-0.05, 0) is 53.6 Å². The average Bonchev–Trinajstić information content (AvgIpc) is 2.73. The molecule has 1 heterocycles. The largest absolute Gasteiger partial charge is 0.508 e. The molecule has 35 heavy (non-hydrogen) atoms. The molecule has 0 aromatic heterocycles. The number of hydrogen-bond donors (Lipinski definition) is 1. The fraction of sp³-hybridized carbons (Fsp3) is 0.607. The van der Waals surface area contributed by atoms with Gasteiger partial charge in [-0.3, -0.25) is 0 Å². The number of aromatic hydroxyl groups is 1. The van der Waals surface area contributed by atoms with E-state index in [4.69, 9.17) is 18.6 Å². The first-order chi connectivity index (χ1) is 16.4. The van der Waals surface area contributed by atoms with Crippen molar-refractivity contribution in [2.45, 2.75) is 97.1 Å². The molecular formula is C28H42O6Si. The van der Waals surface area contributed by atoms with Crippen molar-refractivity contribution in [2.75, 3.05) is 13.7 Å². The van der Waals surface area contributed by atoms with E-state index >= 15 is 0 Å². The zero-order valence-corrected chi connectivity index (χ0v) is 23.7. The van der Waals surface area contributed by atoms with E-state index in [1.54, 1.807) is 19.2 Å². The Morgan fingerprint density at radius 2 is 1.66 bits per heavy atom. The first kappa shape index (κ1) is 27.3. The summed E-state index contributed by atoms with van der Waals surface area (Å²) in [6, 6.07) is 5.18. The molecule has 7 heteroatoms. The van der Waals surface area contributed by atoms with Gasteiger partial charge in [0.25, 0.3) is 0 Å². The Morgan fingerprint density at radius 3 is 2.20 bits per heavy atom. The molecule has 0 amide bonds. The maximum absolute atomic E-state index is 13.2. The lowest BCUT2D eigenvalue weighted by Crippen LogP contribution is -2.48. The standard InChI is InChI=1S/C28H42O6Si/c1-16(2)33-24-15-22(29)13-20-12-21-14-23(34-28(30)26(21)27(31-9)25(20)24)10-11-32-35(17(3)4,18(5)6)19(7)8/h12-13,15-19,23,29H,10-11,14H2,1-9H3/t23-/m1/s1. The zero-order valence-electron chi connectivity index (χ0n) is 22.7. The lowest BCUT2D eigenvalue weighted by Gasteiger charge is -2.42. The number of phenolic OH excluding ortho intramolecular Hbond substituents is 1. The number of esters is 1. The zero-order chi connectivity index (χ0) is 26.1. The summed E-state index contributed by atoms with van der Waals surface area (Å²) < 4.78 is 24.2. The molecule has 1 N–H and O–H groups in total. The van der Waals surface area contributed by atoms with E-state index in [9.17, 15) is 9.90 Å². The van der Waals surface area contributed by atoms with Gasteiger partial charge in [-0.1, -0.05) is 41.5 Å². The van der Waals surface area contributed by atoms with E-state index in [2.05, 4.69) is 41.5 Å². The van der Waals surface area contributed by atoms with Crippen molar-refractivity contribution in [3.63, 3.8) is 0 Å². The third kappa shape index (κ3) is 5.31. The van der Waals surface area contributed by atoms with Crippen LogP contribution in [0.2, 0.25) is 16.6 Å². The van der Waals surface area contributed by atoms with Gasteiger partial charge in [0.15, 0.2) is 8.32 Å². The maximum Gasteiger partial charge on any atom is 0.342 e. The van der Waals surface area contributed by atoms with E-state index in [1.807, 2.05) is 19.9 Å². The summed E-state index contributed by atoms with van der Waals surface area (Å²) in [5.74, 6) is 0.628. The number of rotatable bonds is 10. The topological polar surface area (TPSA) is 74.2 Å².